The van der Waals surface area contributed by atoms with Crippen LogP contribution in [0.5, 0.6) is 0 Å². The molecule has 86 heavy (non-hydrogen) atoms. The second-order valence-corrected chi connectivity index (χ2v) is 24.3. The predicted molar refractivity (Wildman–Crippen MR) is 323 cm³/mol. The number of hydrogen-bond acceptors (Lipinski definition) is 19. The highest BCUT2D eigenvalue weighted by atomic mass is 16.9. The predicted octanol–water partition coefficient (Wildman–Crippen LogP) is 6.38. The lowest BCUT2D eigenvalue weighted by atomic mass is 9.96. The molecule has 0 amide bonds. The molecule has 4 aliphatic rings. The van der Waals surface area contributed by atoms with Crippen LogP contribution in [-0.2, 0) is 63.0 Å². The first kappa shape index (κ1) is 82.2. The van der Waals surface area contributed by atoms with Crippen molar-refractivity contribution in [1.29, 1.82) is 0 Å². The van der Waals surface area contributed by atoms with E-state index in [1.165, 1.54) is 37.1 Å². The first-order valence-corrected chi connectivity index (χ1v) is 30.2. The summed E-state index contributed by atoms with van der Waals surface area (Å²) >= 11 is 0. The third kappa shape index (κ3) is 37.7. The molecule has 2 unspecified atom stereocenters. The molecule has 2 aliphatic heterocycles. The molecule has 5 atom stereocenters. The Balaban J connectivity index is 0. The Morgan fingerprint density at radius 2 is 1.16 bits per heavy atom. The molecule has 5 rings (SSSR count). The minimum atomic E-state index is -0.923. The number of carboxylic acids is 3. The van der Waals surface area contributed by atoms with Crippen LogP contribution in [0.3, 0.4) is 0 Å². The molecule has 0 aromatic carbocycles. The van der Waals surface area contributed by atoms with Gasteiger partial charge in [-0.25, -0.2) is 0 Å². The third-order valence-electron chi connectivity index (χ3n) is 14.0. The maximum absolute atomic E-state index is 12.4. The molecule has 2 aliphatic carbocycles. The number of ketones is 1. The van der Waals surface area contributed by atoms with Gasteiger partial charge in [0, 0.05) is 120 Å². The fourth-order valence-electron chi connectivity index (χ4n) is 10.2. The van der Waals surface area contributed by atoms with Gasteiger partial charge in [0.1, 0.15) is 30.1 Å². The van der Waals surface area contributed by atoms with Gasteiger partial charge in [-0.1, -0.05) is 79.1 Å². The first-order valence-electron chi connectivity index (χ1n) is 30.2. The maximum atomic E-state index is 12.4. The van der Waals surface area contributed by atoms with Crippen LogP contribution in [0.25, 0.3) is 20.9 Å². The number of aryl methyl sites for hydroxylation is 2. The van der Waals surface area contributed by atoms with Gasteiger partial charge < -0.3 is 25.0 Å². The largest absolute Gasteiger partial charge is 0.480 e. The van der Waals surface area contributed by atoms with Crippen LogP contribution in [-0.4, -0.2) is 236 Å². The van der Waals surface area contributed by atoms with E-state index in [9.17, 15) is 29.1 Å². The number of carbonyl (C=O) groups is 5. The molecule has 1 aromatic heterocycles. The average Bonchev–Trinajstić information content (AvgIpc) is 2.43. The Kier molecular flexibility index (Phi) is 41.8. The lowest BCUT2D eigenvalue weighted by molar-refractivity contribution is -0.737. The number of esters is 1. The van der Waals surface area contributed by atoms with E-state index in [0.717, 1.165) is 50.2 Å². The Labute approximate surface area is 510 Å². The summed E-state index contributed by atoms with van der Waals surface area (Å²) in [5.74, 6) is 0.0962. The van der Waals surface area contributed by atoms with Gasteiger partial charge in [-0.15, -0.1) is 5.53 Å². The number of carboxylic acid groups (broad SMARTS) is 3. The summed E-state index contributed by atoms with van der Waals surface area (Å²) in [6, 6.07) is -0.921. The molecule has 3 heterocycles. The summed E-state index contributed by atoms with van der Waals surface area (Å²) in [6.07, 6.45) is 7.26. The molecule has 0 spiro atoms. The number of aromatic nitrogens is 3. The minimum Gasteiger partial charge on any atom is -0.480 e. The number of rotatable bonds is 18. The Morgan fingerprint density at radius 3 is 1.57 bits per heavy atom. The van der Waals surface area contributed by atoms with Crippen LogP contribution in [0.15, 0.2) is 10.3 Å². The topological polar surface area (TPSA) is 372 Å². The fraction of sp³-hybridized carbons (Fsp3) is 0.860. The summed E-state index contributed by atoms with van der Waals surface area (Å²) in [7, 11) is 2.07. The van der Waals surface area contributed by atoms with Crippen LogP contribution in [0.4, 0.5) is 0 Å². The number of nitrogens with one attached hydrogen (secondary N) is 1. The molecule has 3 fully saturated rings. The number of hydrogen-bond donors (Lipinski definition) is 5. The first-order chi connectivity index (χ1) is 40.3. The van der Waals surface area contributed by atoms with E-state index in [1.54, 1.807) is 37.5 Å². The average molecular weight is 1230 g/mol. The van der Waals surface area contributed by atoms with E-state index in [4.69, 9.17) is 40.8 Å². The molecule has 494 valence electrons. The number of carbonyl (C=O) groups excluding carboxylic acids is 4. The van der Waals surface area contributed by atoms with Gasteiger partial charge in [-0.2, -0.15) is 29.2 Å². The van der Waals surface area contributed by atoms with Crippen molar-refractivity contribution in [3.05, 3.63) is 32.3 Å². The Bertz CT molecular complexity index is 2230. The zero-order valence-corrected chi connectivity index (χ0v) is 55.0. The van der Waals surface area contributed by atoms with Crippen LogP contribution >= 0.6 is 0 Å². The Morgan fingerprint density at radius 1 is 0.721 bits per heavy atom. The van der Waals surface area contributed by atoms with Crippen molar-refractivity contribution in [2.45, 2.75) is 179 Å². The van der Waals surface area contributed by atoms with Crippen LogP contribution < -0.4 is 4.68 Å². The molecule has 5 N–H and O–H groups in total. The number of Topliss-reactive ketones (excluding diaryl/α,β-unsaturated/α-hetero) is 1. The SMILES string of the molecule is CC.CC.CC(C)(C)CN1CCN(CC(=O)OC(C)(C)C)CCN(C(CCN=[N+]=[N-])C(=O)O)CC1.CC(C)(C)ON(O)N=[N+]=[N-].CCCC(C(C)=O)N1CCN(CC(=O)O)CCN(CC(=O)O)CC1.C[C@H]1[C@H]2CCc3c(n[nH][n+]3C)CC[C@@H]12.O=C=O. The highest BCUT2D eigenvalue weighted by Crippen LogP contribution is 2.52. The lowest BCUT2D eigenvalue weighted by Crippen LogP contribution is -2.47. The number of azide groups is 2. The summed E-state index contributed by atoms with van der Waals surface area (Å²) in [4.78, 5) is 96.2. The second-order valence-electron chi connectivity index (χ2n) is 24.3. The van der Waals surface area contributed by atoms with Crippen molar-refractivity contribution in [2.24, 2.45) is 40.6 Å². The van der Waals surface area contributed by atoms with E-state index in [1.807, 2.05) is 65.2 Å². The zero-order chi connectivity index (χ0) is 66.4. The monoisotopic (exact) mass is 1230 g/mol. The zero-order valence-electron chi connectivity index (χ0n) is 55.0. The van der Waals surface area contributed by atoms with Crippen molar-refractivity contribution in [1.82, 2.24) is 45.0 Å². The smallest absolute Gasteiger partial charge is 0.373 e. The van der Waals surface area contributed by atoms with Gasteiger partial charge in [0.05, 0.1) is 31.0 Å². The minimum absolute atomic E-state index is 0.0761. The quantitative estimate of drug-likeness (QED) is 0.0266. The summed E-state index contributed by atoms with van der Waals surface area (Å²) < 4.78 is 7.57. The van der Waals surface area contributed by atoms with E-state index in [-0.39, 0.29) is 67.3 Å². The highest BCUT2D eigenvalue weighted by Gasteiger charge is 2.47. The van der Waals surface area contributed by atoms with Crippen molar-refractivity contribution in [3.8, 4) is 0 Å². The molecular weight excluding hydrogens is 1120 g/mol. The number of H-pyrrole nitrogens is 1. The molecular formula is C57H109N16O13+. The maximum Gasteiger partial charge on any atom is 0.373 e. The summed E-state index contributed by atoms with van der Waals surface area (Å²) in [5, 5.41) is 50.2. The Hall–Kier alpha value is -5.83. The number of aromatic amines is 1. The van der Waals surface area contributed by atoms with E-state index >= 15 is 0 Å². The molecule has 0 radical (unpaired) electrons. The van der Waals surface area contributed by atoms with Crippen molar-refractivity contribution >= 4 is 35.8 Å². The lowest BCUT2D eigenvalue weighted by Gasteiger charge is -2.32. The third-order valence-corrected chi connectivity index (χ3v) is 14.0. The van der Waals surface area contributed by atoms with Crippen molar-refractivity contribution < 1.29 is 68.3 Å². The van der Waals surface area contributed by atoms with Gasteiger partial charge in [0.25, 0.3) is 0 Å². The summed E-state index contributed by atoms with van der Waals surface area (Å²) in [6.45, 7) is 39.5. The molecule has 1 aromatic rings. The standard InChI is InChI=1S/C21H40N6O4.C16H29N3O5.C11H17N3.C4H10N4O2.2C2H6.CO2/c1-20(2,3)16-26-10-9-25(15-18(28)31-21(4,5)6)11-13-27(14-12-26)17(19(29)30)7-8-23-24-22;1-3-4-14(13(2)20)19-9-7-17(11-15(21)22)5-6-18(8-10-19)12-16(23)24;1-7-8-3-5-10-11(6-4-9(7)8)14(2)13-12-10;1-4(2,3)10-8(9)7-6-5;2*1-2;2-1-3/h17H,7-16H2,1-6H3,(H,29,30);14H,3-12H2,1-2H3,(H,21,22)(H,23,24);7-9H,3-6H2,1-2H3;9H,1-3H3;2*1-2H3;/p+1/t;;7-,8+,9-;;;;/m..1..../s1. The van der Waals surface area contributed by atoms with E-state index in [2.05, 4.69) is 84.5 Å². The van der Waals surface area contributed by atoms with Gasteiger partial charge in [-0.05, 0) is 103 Å². The van der Waals surface area contributed by atoms with Crippen LogP contribution in [0.2, 0.25) is 0 Å². The fourth-order valence-corrected chi connectivity index (χ4v) is 10.2. The molecule has 1 saturated carbocycles. The second kappa shape index (κ2) is 43.7. The number of aliphatic carboxylic acids is 3. The highest BCUT2D eigenvalue weighted by molar-refractivity contribution is 5.81. The number of ether oxygens (including phenoxy) is 1. The van der Waals surface area contributed by atoms with Gasteiger partial charge in [-0.3, -0.25) is 48.5 Å². The van der Waals surface area contributed by atoms with Gasteiger partial charge in [0.15, 0.2) is 5.69 Å². The molecule has 29 nitrogen and oxygen atoms in total. The van der Waals surface area contributed by atoms with Gasteiger partial charge in [0.2, 0.25) is 5.69 Å². The van der Waals surface area contributed by atoms with Crippen molar-refractivity contribution in [3.63, 3.8) is 0 Å². The molecule has 29 heteroatoms. The molecule has 0 bridgehead atoms. The van der Waals surface area contributed by atoms with Crippen molar-refractivity contribution in [2.75, 3.05) is 111 Å². The number of nitrogens with zero attached hydrogens (tertiary/aromatic N) is 15. The van der Waals surface area contributed by atoms with E-state index < -0.39 is 35.2 Å². The summed E-state index contributed by atoms with van der Waals surface area (Å²) in [5.41, 5.74) is 18.1. The van der Waals surface area contributed by atoms with Gasteiger partial charge >= 0.3 is 30.0 Å². The van der Waals surface area contributed by atoms with Crippen LogP contribution in [0.1, 0.15) is 154 Å². The normalized spacial score (nSPS) is 19.6. The van der Waals surface area contributed by atoms with Crippen LogP contribution in [0, 0.1) is 23.2 Å². The number of fused-ring (bicyclic) bond motifs is 2. The molecule has 2 saturated heterocycles. The van der Waals surface area contributed by atoms with E-state index in [0.29, 0.717) is 65.4 Å².